The Bertz CT molecular complexity index is 625. The fourth-order valence-electron chi connectivity index (χ4n) is 1.73. The monoisotopic (exact) mass is 254 g/mol. The summed E-state index contributed by atoms with van der Waals surface area (Å²) in [6, 6.07) is 11.3. The first-order chi connectivity index (χ1) is 9.19. The van der Waals surface area contributed by atoms with Gasteiger partial charge in [-0.15, -0.1) is 0 Å². The SMILES string of the molecule is CCN(C)C(=O)c1cnn(-c2ccccc2)c1C#N. The van der Waals surface area contributed by atoms with Gasteiger partial charge >= 0.3 is 0 Å². The lowest BCUT2D eigenvalue weighted by Crippen LogP contribution is -2.26. The van der Waals surface area contributed by atoms with E-state index in [2.05, 4.69) is 11.2 Å². The van der Waals surface area contributed by atoms with E-state index in [0.717, 1.165) is 5.69 Å². The van der Waals surface area contributed by atoms with E-state index in [-0.39, 0.29) is 11.6 Å². The number of nitriles is 1. The van der Waals surface area contributed by atoms with Crippen molar-refractivity contribution in [1.82, 2.24) is 14.7 Å². The van der Waals surface area contributed by atoms with Crippen LogP contribution in [0.15, 0.2) is 36.5 Å². The first-order valence-corrected chi connectivity index (χ1v) is 5.98. The number of benzene rings is 1. The van der Waals surface area contributed by atoms with Crippen molar-refractivity contribution in [1.29, 1.82) is 5.26 Å². The highest BCUT2D eigenvalue weighted by molar-refractivity contribution is 5.96. The minimum atomic E-state index is -0.193. The zero-order valence-corrected chi connectivity index (χ0v) is 10.9. The fraction of sp³-hybridized carbons (Fsp3) is 0.214. The lowest BCUT2D eigenvalue weighted by atomic mass is 10.2. The Morgan fingerprint density at radius 2 is 2.11 bits per heavy atom. The second-order valence-electron chi connectivity index (χ2n) is 4.09. The van der Waals surface area contributed by atoms with Gasteiger partial charge in [-0.2, -0.15) is 10.4 Å². The summed E-state index contributed by atoms with van der Waals surface area (Å²) in [4.78, 5) is 13.7. The largest absolute Gasteiger partial charge is 0.342 e. The molecule has 5 nitrogen and oxygen atoms in total. The molecule has 0 aliphatic carbocycles. The summed E-state index contributed by atoms with van der Waals surface area (Å²) in [5, 5.41) is 13.4. The van der Waals surface area contributed by atoms with Gasteiger partial charge < -0.3 is 4.90 Å². The minimum absolute atomic E-state index is 0.193. The number of amides is 1. The zero-order chi connectivity index (χ0) is 13.8. The summed E-state index contributed by atoms with van der Waals surface area (Å²) in [6.07, 6.45) is 1.44. The molecule has 0 saturated carbocycles. The van der Waals surface area contributed by atoms with Crippen molar-refractivity contribution >= 4 is 5.91 Å². The van der Waals surface area contributed by atoms with Gasteiger partial charge in [0.25, 0.3) is 5.91 Å². The van der Waals surface area contributed by atoms with Gasteiger partial charge in [-0.05, 0) is 19.1 Å². The molecule has 2 aromatic rings. The van der Waals surface area contributed by atoms with Crippen LogP contribution in [0.5, 0.6) is 0 Å². The predicted octanol–water partition coefficient (Wildman–Crippen LogP) is 1.84. The maximum absolute atomic E-state index is 12.1. The number of rotatable bonds is 3. The Labute approximate surface area is 111 Å². The summed E-state index contributed by atoms with van der Waals surface area (Å²) >= 11 is 0. The maximum atomic E-state index is 12.1. The Morgan fingerprint density at radius 1 is 1.42 bits per heavy atom. The van der Waals surface area contributed by atoms with E-state index in [1.54, 1.807) is 11.9 Å². The molecule has 5 heteroatoms. The van der Waals surface area contributed by atoms with Crippen molar-refractivity contribution in [3.63, 3.8) is 0 Å². The molecule has 0 fully saturated rings. The molecule has 1 amide bonds. The normalized spacial score (nSPS) is 9.95. The zero-order valence-electron chi connectivity index (χ0n) is 10.9. The van der Waals surface area contributed by atoms with Gasteiger partial charge in [0.05, 0.1) is 17.4 Å². The number of nitrogens with zero attached hydrogens (tertiary/aromatic N) is 4. The van der Waals surface area contributed by atoms with Crippen LogP contribution < -0.4 is 0 Å². The number of aromatic nitrogens is 2. The number of carbonyl (C=O) groups is 1. The first-order valence-electron chi connectivity index (χ1n) is 5.98. The van der Waals surface area contributed by atoms with Gasteiger partial charge in [-0.3, -0.25) is 4.79 Å². The lowest BCUT2D eigenvalue weighted by molar-refractivity contribution is 0.0802. The molecule has 1 aromatic heterocycles. The van der Waals surface area contributed by atoms with Crippen LogP contribution >= 0.6 is 0 Å². The van der Waals surface area contributed by atoms with Gasteiger partial charge in [0.15, 0.2) is 5.69 Å². The topological polar surface area (TPSA) is 61.9 Å². The molecule has 0 spiro atoms. The highest BCUT2D eigenvalue weighted by atomic mass is 16.2. The van der Waals surface area contributed by atoms with Gasteiger partial charge in [0, 0.05) is 13.6 Å². The van der Waals surface area contributed by atoms with Crippen LogP contribution in [-0.2, 0) is 0 Å². The molecule has 0 bridgehead atoms. The van der Waals surface area contributed by atoms with Gasteiger partial charge in [0.2, 0.25) is 0 Å². The second-order valence-corrected chi connectivity index (χ2v) is 4.09. The van der Waals surface area contributed by atoms with E-state index >= 15 is 0 Å². The third-order valence-electron chi connectivity index (χ3n) is 2.93. The molecule has 0 saturated heterocycles. The van der Waals surface area contributed by atoms with Crippen molar-refractivity contribution in [2.75, 3.05) is 13.6 Å². The molecule has 0 unspecified atom stereocenters. The van der Waals surface area contributed by atoms with Gasteiger partial charge in [0.1, 0.15) is 6.07 Å². The highest BCUT2D eigenvalue weighted by Gasteiger charge is 2.20. The summed E-state index contributed by atoms with van der Waals surface area (Å²) in [7, 11) is 1.70. The van der Waals surface area contributed by atoms with Crippen LogP contribution in [0.3, 0.4) is 0 Å². The van der Waals surface area contributed by atoms with Gasteiger partial charge in [-0.25, -0.2) is 4.68 Å². The number of hydrogen-bond acceptors (Lipinski definition) is 3. The molecule has 0 aliphatic heterocycles. The van der Waals surface area contributed by atoms with Crippen LogP contribution in [0.1, 0.15) is 23.0 Å². The molecule has 96 valence electrons. The standard InChI is InChI=1S/C14H14N4O/c1-3-17(2)14(19)12-10-16-18(13(12)9-15)11-7-5-4-6-8-11/h4-8,10H,3H2,1-2H3. The van der Waals surface area contributed by atoms with Crippen LogP contribution in [0.25, 0.3) is 5.69 Å². The fourth-order valence-corrected chi connectivity index (χ4v) is 1.73. The summed E-state index contributed by atoms with van der Waals surface area (Å²) in [6.45, 7) is 2.46. The molecule has 0 radical (unpaired) electrons. The molecule has 0 aliphatic rings. The smallest absolute Gasteiger partial charge is 0.258 e. The van der Waals surface area contributed by atoms with Crippen LogP contribution in [0.4, 0.5) is 0 Å². The average Bonchev–Trinajstić information content (AvgIpc) is 2.90. The van der Waals surface area contributed by atoms with Crippen LogP contribution in [0.2, 0.25) is 0 Å². The van der Waals surface area contributed by atoms with Crippen molar-refractivity contribution in [2.45, 2.75) is 6.92 Å². The third-order valence-corrected chi connectivity index (χ3v) is 2.93. The molecule has 1 heterocycles. The molecular weight excluding hydrogens is 240 g/mol. The Kier molecular flexibility index (Phi) is 3.62. The Morgan fingerprint density at radius 3 is 2.68 bits per heavy atom. The third kappa shape index (κ3) is 2.33. The average molecular weight is 254 g/mol. The summed E-state index contributed by atoms with van der Waals surface area (Å²) < 4.78 is 1.48. The van der Waals surface area contributed by atoms with Gasteiger partial charge in [-0.1, -0.05) is 18.2 Å². The maximum Gasteiger partial charge on any atom is 0.258 e. The van der Waals surface area contributed by atoms with Crippen molar-refractivity contribution < 1.29 is 4.79 Å². The van der Waals surface area contributed by atoms with E-state index < -0.39 is 0 Å². The second kappa shape index (κ2) is 5.36. The van der Waals surface area contributed by atoms with E-state index in [1.807, 2.05) is 37.3 Å². The van der Waals surface area contributed by atoms with E-state index in [4.69, 9.17) is 0 Å². The Hall–Kier alpha value is -2.61. The Balaban J connectivity index is 2.48. The molecule has 19 heavy (non-hydrogen) atoms. The summed E-state index contributed by atoms with van der Waals surface area (Å²) in [5.41, 5.74) is 1.35. The van der Waals surface area contributed by atoms with Crippen LogP contribution in [0, 0.1) is 11.3 Å². The molecule has 1 aromatic carbocycles. The quantitative estimate of drug-likeness (QED) is 0.839. The van der Waals surface area contributed by atoms with E-state index in [1.165, 1.54) is 10.9 Å². The minimum Gasteiger partial charge on any atom is -0.342 e. The van der Waals surface area contributed by atoms with Crippen molar-refractivity contribution in [2.24, 2.45) is 0 Å². The summed E-state index contributed by atoms with van der Waals surface area (Å²) in [5.74, 6) is -0.193. The molecular formula is C14H14N4O. The highest BCUT2D eigenvalue weighted by Crippen LogP contribution is 2.15. The van der Waals surface area contributed by atoms with Crippen molar-refractivity contribution in [3.8, 4) is 11.8 Å². The molecule has 0 N–H and O–H groups in total. The number of hydrogen-bond donors (Lipinski definition) is 0. The molecule has 2 rings (SSSR count). The lowest BCUT2D eigenvalue weighted by Gasteiger charge is -2.13. The van der Waals surface area contributed by atoms with Crippen molar-refractivity contribution in [3.05, 3.63) is 47.8 Å². The van der Waals surface area contributed by atoms with E-state index in [9.17, 15) is 10.1 Å². The predicted molar refractivity (Wildman–Crippen MR) is 70.9 cm³/mol. The van der Waals surface area contributed by atoms with E-state index in [0.29, 0.717) is 12.1 Å². The van der Waals surface area contributed by atoms with Crippen LogP contribution in [-0.4, -0.2) is 34.2 Å². The number of carbonyl (C=O) groups excluding carboxylic acids is 1. The molecule has 0 atom stereocenters. The first kappa shape index (κ1) is 12.8. The number of para-hydroxylation sites is 1.